The molecule has 1 aromatic carbocycles. The van der Waals surface area contributed by atoms with Crippen molar-refractivity contribution in [2.24, 2.45) is 12.0 Å². The molecule has 0 saturated heterocycles. The third kappa shape index (κ3) is 2.32. The zero-order valence-corrected chi connectivity index (χ0v) is 13.0. The van der Waals surface area contributed by atoms with Gasteiger partial charge in [-0.1, -0.05) is 49.6 Å². The lowest BCUT2D eigenvalue weighted by Crippen LogP contribution is -2.20. The third-order valence-electron chi connectivity index (χ3n) is 4.85. The number of amidine groups is 1. The minimum Gasteiger partial charge on any atom is -0.325 e. The van der Waals surface area contributed by atoms with Gasteiger partial charge < -0.3 is 5.32 Å². The van der Waals surface area contributed by atoms with E-state index in [9.17, 15) is 0 Å². The molecule has 22 heavy (non-hydrogen) atoms. The quantitative estimate of drug-likeness (QED) is 0.914. The fourth-order valence-electron chi connectivity index (χ4n) is 3.67. The van der Waals surface area contributed by atoms with E-state index in [0.29, 0.717) is 5.92 Å². The summed E-state index contributed by atoms with van der Waals surface area (Å²) in [5, 5.41) is 8.32. The topological polar surface area (TPSA) is 42.2 Å². The van der Waals surface area contributed by atoms with Gasteiger partial charge in [0.2, 0.25) is 0 Å². The van der Waals surface area contributed by atoms with Gasteiger partial charge in [-0.25, -0.2) is 0 Å². The van der Waals surface area contributed by atoms with E-state index in [2.05, 4.69) is 17.4 Å². The van der Waals surface area contributed by atoms with Crippen LogP contribution in [0.1, 0.15) is 54.8 Å². The Labute approximate surface area is 131 Å². The zero-order valence-electron chi connectivity index (χ0n) is 13.0. The van der Waals surface area contributed by atoms with Crippen LogP contribution in [0.25, 0.3) is 0 Å². The Morgan fingerprint density at radius 1 is 1.09 bits per heavy atom. The summed E-state index contributed by atoms with van der Waals surface area (Å²) in [7, 11) is 2.03. The van der Waals surface area contributed by atoms with Gasteiger partial charge in [0.15, 0.2) is 0 Å². The summed E-state index contributed by atoms with van der Waals surface area (Å²) in [6.45, 7) is 0.742. The van der Waals surface area contributed by atoms with Gasteiger partial charge in [-0.2, -0.15) is 5.10 Å². The molecule has 1 N–H and O–H groups in total. The molecule has 0 unspecified atom stereocenters. The van der Waals surface area contributed by atoms with Crippen molar-refractivity contribution in [1.82, 2.24) is 9.78 Å². The molecule has 1 aliphatic carbocycles. The molecule has 1 saturated carbocycles. The SMILES string of the molecule is Cn1nc(C2CCCCC2)c2c1NC(c1ccccc1)=NC2. The van der Waals surface area contributed by atoms with E-state index < -0.39 is 0 Å². The number of nitrogens with one attached hydrogen (secondary N) is 1. The average Bonchev–Trinajstić information content (AvgIpc) is 2.93. The van der Waals surface area contributed by atoms with Crippen molar-refractivity contribution in [3.63, 3.8) is 0 Å². The molecule has 1 aliphatic heterocycles. The number of anilines is 1. The highest BCUT2D eigenvalue weighted by molar-refractivity contribution is 6.09. The highest BCUT2D eigenvalue weighted by atomic mass is 15.3. The molecule has 0 atom stereocenters. The second-order valence-corrected chi connectivity index (χ2v) is 6.33. The highest BCUT2D eigenvalue weighted by Gasteiger charge is 2.27. The largest absolute Gasteiger partial charge is 0.325 e. The predicted molar refractivity (Wildman–Crippen MR) is 89.3 cm³/mol. The first kappa shape index (κ1) is 13.6. The first-order valence-electron chi connectivity index (χ1n) is 8.25. The first-order chi connectivity index (χ1) is 10.8. The Morgan fingerprint density at radius 2 is 1.86 bits per heavy atom. The second-order valence-electron chi connectivity index (χ2n) is 6.33. The minimum absolute atomic E-state index is 0.624. The Morgan fingerprint density at radius 3 is 2.64 bits per heavy atom. The van der Waals surface area contributed by atoms with Crippen molar-refractivity contribution in [2.45, 2.75) is 44.6 Å². The number of rotatable bonds is 2. The number of fused-ring (bicyclic) bond motifs is 1. The van der Waals surface area contributed by atoms with Gasteiger partial charge in [-0.3, -0.25) is 9.67 Å². The lowest BCUT2D eigenvalue weighted by molar-refractivity contribution is 0.432. The molecule has 0 amide bonds. The fourth-order valence-corrected chi connectivity index (χ4v) is 3.67. The van der Waals surface area contributed by atoms with Crippen LogP contribution in [0, 0.1) is 0 Å². The van der Waals surface area contributed by atoms with E-state index in [-0.39, 0.29) is 0 Å². The van der Waals surface area contributed by atoms with Crippen LogP contribution in [-0.4, -0.2) is 15.6 Å². The van der Waals surface area contributed by atoms with Crippen LogP contribution in [0.5, 0.6) is 0 Å². The third-order valence-corrected chi connectivity index (χ3v) is 4.85. The van der Waals surface area contributed by atoms with E-state index in [1.165, 1.54) is 43.4 Å². The molecule has 2 aromatic rings. The minimum atomic E-state index is 0.624. The van der Waals surface area contributed by atoms with Gasteiger partial charge >= 0.3 is 0 Å². The molecule has 114 valence electrons. The summed E-state index contributed by atoms with van der Waals surface area (Å²) in [6, 6.07) is 10.3. The van der Waals surface area contributed by atoms with Crippen molar-refractivity contribution >= 4 is 11.7 Å². The lowest BCUT2D eigenvalue weighted by Gasteiger charge is -2.22. The number of hydrogen-bond donors (Lipinski definition) is 1. The van der Waals surface area contributed by atoms with Gasteiger partial charge in [-0.15, -0.1) is 0 Å². The molecular formula is C18H22N4. The Balaban J connectivity index is 1.65. The molecule has 4 heteroatoms. The van der Waals surface area contributed by atoms with Crippen LogP contribution in [0.3, 0.4) is 0 Å². The molecule has 0 spiro atoms. The van der Waals surface area contributed by atoms with E-state index in [4.69, 9.17) is 10.1 Å². The van der Waals surface area contributed by atoms with Crippen LogP contribution in [0.2, 0.25) is 0 Å². The molecule has 4 rings (SSSR count). The normalized spacial score (nSPS) is 18.5. The van der Waals surface area contributed by atoms with E-state index in [1.54, 1.807) is 0 Å². The molecule has 1 aromatic heterocycles. The van der Waals surface area contributed by atoms with Crippen molar-refractivity contribution in [2.75, 3.05) is 5.32 Å². The summed E-state index contributed by atoms with van der Waals surface area (Å²) in [6.07, 6.45) is 6.60. The van der Waals surface area contributed by atoms with Crippen LogP contribution < -0.4 is 5.32 Å². The maximum absolute atomic E-state index is 4.82. The highest BCUT2D eigenvalue weighted by Crippen LogP contribution is 2.37. The first-order valence-corrected chi connectivity index (χ1v) is 8.25. The number of benzene rings is 1. The average molecular weight is 294 g/mol. The Bertz CT molecular complexity index is 693. The number of aliphatic imine (C=N–C) groups is 1. The van der Waals surface area contributed by atoms with Crippen molar-refractivity contribution in [3.8, 4) is 0 Å². The van der Waals surface area contributed by atoms with Crippen molar-refractivity contribution < 1.29 is 0 Å². The van der Waals surface area contributed by atoms with E-state index >= 15 is 0 Å². The fraction of sp³-hybridized carbons (Fsp3) is 0.444. The number of aryl methyl sites for hydroxylation is 1. The van der Waals surface area contributed by atoms with Crippen LogP contribution in [0.15, 0.2) is 35.3 Å². The summed E-state index contributed by atoms with van der Waals surface area (Å²) in [4.78, 5) is 4.76. The molecule has 1 fully saturated rings. The lowest BCUT2D eigenvalue weighted by atomic mass is 9.85. The van der Waals surface area contributed by atoms with Gasteiger partial charge in [-0.05, 0) is 12.8 Å². The second kappa shape index (κ2) is 5.59. The molecular weight excluding hydrogens is 272 g/mol. The van der Waals surface area contributed by atoms with E-state index in [0.717, 1.165) is 23.8 Å². The van der Waals surface area contributed by atoms with Gasteiger partial charge in [0, 0.05) is 24.1 Å². The number of aromatic nitrogens is 2. The molecule has 2 heterocycles. The van der Waals surface area contributed by atoms with Crippen molar-refractivity contribution in [3.05, 3.63) is 47.2 Å². The maximum atomic E-state index is 4.82. The number of hydrogen-bond acceptors (Lipinski definition) is 3. The summed E-state index contributed by atoms with van der Waals surface area (Å²) < 4.78 is 2.00. The smallest absolute Gasteiger partial charge is 0.134 e. The molecule has 0 bridgehead atoms. The standard InChI is InChI=1S/C18H22N4/c1-22-18-15(16(21-22)13-8-4-2-5-9-13)12-19-17(20-18)14-10-6-3-7-11-14/h3,6-7,10-11,13H,2,4-5,8-9,12H2,1H3,(H,19,20). The summed E-state index contributed by atoms with van der Waals surface area (Å²) in [5.41, 5.74) is 3.71. The monoisotopic (exact) mass is 294 g/mol. The van der Waals surface area contributed by atoms with Crippen LogP contribution >= 0.6 is 0 Å². The maximum Gasteiger partial charge on any atom is 0.134 e. The summed E-state index contributed by atoms with van der Waals surface area (Å²) >= 11 is 0. The number of nitrogens with zero attached hydrogens (tertiary/aromatic N) is 3. The molecule has 4 nitrogen and oxygen atoms in total. The summed E-state index contributed by atoms with van der Waals surface area (Å²) in [5.74, 6) is 2.69. The predicted octanol–water partition coefficient (Wildman–Crippen LogP) is 3.84. The van der Waals surface area contributed by atoms with Crippen molar-refractivity contribution in [1.29, 1.82) is 0 Å². The Hall–Kier alpha value is -2.10. The van der Waals surface area contributed by atoms with Gasteiger partial charge in [0.05, 0.1) is 12.2 Å². The van der Waals surface area contributed by atoms with Gasteiger partial charge in [0.25, 0.3) is 0 Å². The molecule has 2 aliphatic rings. The van der Waals surface area contributed by atoms with Crippen LogP contribution in [-0.2, 0) is 13.6 Å². The van der Waals surface area contributed by atoms with Crippen LogP contribution in [0.4, 0.5) is 5.82 Å². The van der Waals surface area contributed by atoms with Gasteiger partial charge in [0.1, 0.15) is 11.7 Å². The Kier molecular flexibility index (Phi) is 3.45. The molecule has 0 radical (unpaired) electrons. The zero-order chi connectivity index (χ0) is 14.9. The van der Waals surface area contributed by atoms with E-state index in [1.807, 2.05) is 29.9 Å².